The van der Waals surface area contributed by atoms with Gasteiger partial charge in [0.1, 0.15) is 0 Å². The Morgan fingerprint density at radius 1 is 1.43 bits per heavy atom. The Labute approximate surface area is 85.4 Å². The van der Waals surface area contributed by atoms with Crippen LogP contribution < -0.4 is 10.6 Å². The third-order valence-electron chi connectivity index (χ3n) is 2.96. The van der Waals surface area contributed by atoms with E-state index in [1.165, 1.54) is 0 Å². The van der Waals surface area contributed by atoms with Gasteiger partial charge in [-0.1, -0.05) is 0 Å². The van der Waals surface area contributed by atoms with E-state index in [4.69, 9.17) is 4.74 Å². The summed E-state index contributed by atoms with van der Waals surface area (Å²) in [4.78, 5) is 11.7. The maximum absolute atomic E-state index is 11.7. The van der Waals surface area contributed by atoms with Crippen LogP contribution in [0.4, 0.5) is 0 Å². The van der Waals surface area contributed by atoms with Gasteiger partial charge in [0, 0.05) is 13.2 Å². The number of nitrogens with one attached hydrogen (secondary N) is 2. The van der Waals surface area contributed by atoms with Crippen LogP contribution in [-0.4, -0.2) is 37.7 Å². The fourth-order valence-corrected chi connectivity index (χ4v) is 1.36. The van der Waals surface area contributed by atoms with E-state index in [0.29, 0.717) is 12.1 Å². The minimum absolute atomic E-state index is 0.0551. The van der Waals surface area contributed by atoms with Gasteiger partial charge in [-0.05, 0) is 33.7 Å². The molecule has 0 saturated heterocycles. The highest BCUT2D eigenvalue weighted by atomic mass is 16.5. The Balaban J connectivity index is 2.29. The quantitative estimate of drug-likeness (QED) is 0.685. The van der Waals surface area contributed by atoms with Gasteiger partial charge in [0.05, 0.1) is 11.6 Å². The third kappa shape index (κ3) is 2.45. The van der Waals surface area contributed by atoms with Crippen molar-refractivity contribution in [3.63, 3.8) is 0 Å². The average Bonchev–Trinajstić information content (AvgIpc) is 2.09. The zero-order chi connectivity index (χ0) is 10.8. The Morgan fingerprint density at radius 2 is 2.00 bits per heavy atom. The van der Waals surface area contributed by atoms with Crippen molar-refractivity contribution in [1.29, 1.82) is 0 Å². The summed E-state index contributed by atoms with van der Waals surface area (Å²) in [5, 5.41) is 5.97. The summed E-state index contributed by atoms with van der Waals surface area (Å²) in [5.41, 5.74) is -0.488. The van der Waals surface area contributed by atoms with Crippen LogP contribution in [0.25, 0.3) is 0 Å². The molecule has 0 radical (unpaired) electrons. The number of rotatable bonds is 4. The van der Waals surface area contributed by atoms with Crippen LogP contribution in [0.3, 0.4) is 0 Å². The lowest BCUT2D eigenvalue weighted by atomic mass is 9.88. The molecule has 0 aromatic carbocycles. The van der Waals surface area contributed by atoms with Crippen LogP contribution in [0.15, 0.2) is 0 Å². The monoisotopic (exact) mass is 200 g/mol. The predicted octanol–water partition coefficient (Wildman–Crippen LogP) is 0.278. The first-order valence-corrected chi connectivity index (χ1v) is 5.02. The Bertz CT molecular complexity index is 210. The highest BCUT2D eigenvalue weighted by Crippen LogP contribution is 2.22. The molecule has 1 aliphatic rings. The number of carbonyl (C=O) groups excluding carboxylic acids is 1. The van der Waals surface area contributed by atoms with Crippen LogP contribution in [0.2, 0.25) is 0 Å². The van der Waals surface area contributed by atoms with E-state index >= 15 is 0 Å². The van der Waals surface area contributed by atoms with Gasteiger partial charge in [0.15, 0.2) is 0 Å². The molecule has 0 aromatic rings. The van der Waals surface area contributed by atoms with E-state index in [9.17, 15) is 4.79 Å². The molecule has 2 N–H and O–H groups in total. The van der Waals surface area contributed by atoms with Gasteiger partial charge >= 0.3 is 0 Å². The Hall–Kier alpha value is -0.610. The molecule has 0 aromatic heterocycles. The van der Waals surface area contributed by atoms with Gasteiger partial charge in [-0.25, -0.2) is 0 Å². The first-order valence-electron chi connectivity index (χ1n) is 5.02. The van der Waals surface area contributed by atoms with Gasteiger partial charge < -0.3 is 15.4 Å². The van der Waals surface area contributed by atoms with Gasteiger partial charge in [-0.3, -0.25) is 4.79 Å². The second-order valence-electron chi connectivity index (χ2n) is 4.37. The minimum atomic E-state index is -0.488. The summed E-state index contributed by atoms with van der Waals surface area (Å²) in [6.07, 6.45) is 2.20. The number of carbonyl (C=O) groups is 1. The molecule has 1 aliphatic carbocycles. The van der Waals surface area contributed by atoms with Gasteiger partial charge in [0.2, 0.25) is 5.91 Å². The molecule has 0 heterocycles. The standard InChI is InChI=1S/C10H20N2O2/c1-10(2,11-3)9(13)12-7-5-8(6-7)14-4/h7-8,11H,5-6H2,1-4H3,(H,12,13). The van der Waals surface area contributed by atoms with Crippen molar-refractivity contribution >= 4 is 5.91 Å². The second kappa shape index (κ2) is 4.28. The number of hydrogen-bond donors (Lipinski definition) is 2. The smallest absolute Gasteiger partial charge is 0.239 e. The van der Waals surface area contributed by atoms with Crippen molar-refractivity contribution in [2.75, 3.05) is 14.2 Å². The third-order valence-corrected chi connectivity index (χ3v) is 2.96. The molecule has 1 rings (SSSR count). The van der Waals surface area contributed by atoms with Crippen molar-refractivity contribution < 1.29 is 9.53 Å². The SMILES string of the molecule is CNC(C)(C)C(=O)NC1CC(OC)C1. The molecule has 4 heteroatoms. The molecule has 0 bridgehead atoms. The highest BCUT2D eigenvalue weighted by Gasteiger charge is 2.34. The number of hydrogen-bond acceptors (Lipinski definition) is 3. The number of methoxy groups -OCH3 is 1. The van der Waals surface area contributed by atoms with Crippen LogP contribution in [0, 0.1) is 0 Å². The maximum Gasteiger partial charge on any atom is 0.239 e. The molecule has 1 fully saturated rings. The lowest BCUT2D eigenvalue weighted by molar-refractivity contribution is -0.128. The normalized spacial score (nSPS) is 26.9. The summed E-state index contributed by atoms with van der Waals surface area (Å²) >= 11 is 0. The van der Waals surface area contributed by atoms with Crippen molar-refractivity contribution in [3.05, 3.63) is 0 Å². The number of ether oxygens (including phenoxy) is 1. The molecule has 0 unspecified atom stereocenters. The van der Waals surface area contributed by atoms with E-state index in [0.717, 1.165) is 12.8 Å². The zero-order valence-corrected chi connectivity index (χ0v) is 9.39. The molecule has 14 heavy (non-hydrogen) atoms. The Morgan fingerprint density at radius 3 is 2.43 bits per heavy atom. The first kappa shape index (κ1) is 11.5. The average molecular weight is 200 g/mol. The van der Waals surface area contributed by atoms with Gasteiger partial charge in [0.25, 0.3) is 0 Å². The van der Waals surface area contributed by atoms with E-state index in [1.54, 1.807) is 14.2 Å². The lowest BCUT2D eigenvalue weighted by Crippen LogP contribution is -2.57. The van der Waals surface area contributed by atoms with Crippen molar-refractivity contribution in [2.24, 2.45) is 0 Å². The molecule has 82 valence electrons. The molecule has 4 nitrogen and oxygen atoms in total. The van der Waals surface area contributed by atoms with Gasteiger partial charge in [-0.2, -0.15) is 0 Å². The molecule has 0 aliphatic heterocycles. The van der Waals surface area contributed by atoms with Crippen molar-refractivity contribution in [1.82, 2.24) is 10.6 Å². The van der Waals surface area contributed by atoms with E-state index in [1.807, 2.05) is 13.8 Å². The van der Waals surface area contributed by atoms with Crippen LogP contribution in [0.5, 0.6) is 0 Å². The summed E-state index contributed by atoms with van der Waals surface area (Å²) in [5.74, 6) is 0.0551. The molecule has 1 saturated carbocycles. The summed E-state index contributed by atoms with van der Waals surface area (Å²) in [7, 11) is 3.50. The maximum atomic E-state index is 11.7. The van der Waals surface area contributed by atoms with Crippen LogP contribution in [0.1, 0.15) is 26.7 Å². The van der Waals surface area contributed by atoms with Gasteiger partial charge in [-0.15, -0.1) is 0 Å². The largest absolute Gasteiger partial charge is 0.381 e. The topological polar surface area (TPSA) is 50.4 Å². The Kier molecular flexibility index (Phi) is 3.50. The fraction of sp³-hybridized carbons (Fsp3) is 0.900. The zero-order valence-electron chi connectivity index (χ0n) is 9.39. The molecule has 0 atom stereocenters. The first-order chi connectivity index (χ1) is 6.49. The minimum Gasteiger partial charge on any atom is -0.381 e. The van der Waals surface area contributed by atoms with E-state index < -0.39 is 5.54 Å². The fourth-order valence-electron chi connectivity index (χ4n) is 1.36. The molecular formula is C10H20N2O2. The lowest BCUT2D eigenvalue weighted by Gasteiger charge is -2.36. The number of likely N-dealkylation sites (N-methyl/N-ethyl adjacent to an activating group) is 1. The molecular weight excluding hydrogens is 180 g/mol. The van der Waals surface area contributed by atoms with Crippen LogP contribution >= 0.6 is 0 Å². The summed E-state index contributed by atoms with van der Waals surface area (Å²) < 4.78 is 5.14. The highest BCUT2D eigenvalue weighted by molar-refractivity contribution is 5.85. The predicted molar refractivity (Wildman–Crippen MR) is 55.1 cm³/mol. The molecule has 1 amide bonds. The van der Waals surface area contributed by atoms with Crippen molar-refractivity contribution in [2.45, 2.75) is 44.4 Å². The summed E-state index contributed by atoms with van der Waals surface area (Å²) in [6.45, 7) is 3.74. The second-order valence-corrected chi connectivity index (χ2v) is 4.37. The van der Waals surface area contributed by atoms with E-state index in [2.05, 4.69) is 10.6 Å². The van der Waals surface area contributed by atoms with Crippen LogP contribution in [-0.2, 0) is 9.53 Å². The number of amides is 1. The van der Waals surface area contributed by atoms with E-state index in [-0.39, 0.29) is 5.91 Å². The van der Waals surface area contributed by atoms with Crippen molar-refractivity contribution in [3.8, 4) is 0 Å². The molecule has 0 spiro atoms. The summed E-state index contributed by atoms with van der Waals surface area (Å²) in [6, 6.07) is 0.292.